The predicted octanol–water partition coefficient (Wildman–Crippen LogP) is -2.44. The molecule has 0 atom stereocenters. The lowest BCUT2D eigenvalue weighted by atomic mass is 10.7. The zero-order chi connectivity index (χ0) is 5.82. The van der Waals surface area contributed by atoms with E-state index in [9.17, 15) is 0 Å². The van der Waals surface area contributed by atoms with Gasteiger partial charge in [0.05, 0.1) is 5.38 Å². The molecule has 0 aliphatic carbocycles. The van der Waals surface area contributed by atoms with Crippen molar-refractivity contribution in [3.8, 4) is 6.07 Å². The van der Waals surface area contributed by atoms with Gasteiger partial charge in [-0.15, -0.1) is 0 Å². The standard InChI is InChI=1S/C5H5N2S.HI/c6-1-2-7-3-4-8-5-7;/h3-5H,2H2;1H/q+1;/p-1. The highest BCUT2D eigenvalue weighted by Crippen LogP contribution is 1.85. The summed E-state index contributed by atoms with van der Waals surface area (Å²) in [5.74, 6) is 0. The molecule has 0 unspecified atom stereocenters. The summed E-state index contributed by atoms with van der Waals surface area (Å²) in [4.78, 5) is 0. The Balaban J connectivity index is 0.000000640. The van der Waals surface area contributed by atoms with Crippen LogP contribution in [-0.2, 0) is 6.54 Å². The molecule has 0 aliphatic rings. The Morgan fingerprint density at radius 2 is 2.44 bits per heavy atom. The van der Waals surface area contributed by atoms with E-state index in [1.165, 1.54) is 0 Å². The van der Waals surface area contributed by atoms with Crippen molar-refractivity contribution >= 4 is 11.3 Å². The molecule has 1 rings (SSSR count). The Bertz CT molecular complexity index is 189. The second-order valence-corrected chi connectivity index (χ2v) is 2.11. The molecule has 0 radical (unpaired) electrons. The van der Waals surface area contributed by atoms with Crippen LogP contribution in [0.2, 0.25) is 0 Å². The third-order valence-corrected chi connectivity index (χ3v) is 1.45. The minimum absolute atomic E-state index is 0. The third-order valence-electron chi connectivity index (χ3n) is 0.780. The van der Waals surface area contributed by atoms with E-state index < -0.39 is 0 Å². The molecule has 9 heavy (non-hydrogen) atoms. The molecule has 0 aliphatic heterocycles. The number of nitriles is 1. The highest BCUT2D eigenvalue weighted by Gasteiger charge is 1.93. The van der Waals surface area contributed by atoms with Gasteiger partial charge < -0.3 is 24.0 Å². The first-order valence-corrected chi connectivity index (χ1v) is 3.16. The van der Waals surface area contributed by atoms with E-state index in [0.717, 1.165) is 0 Å². The largest absolute Gasteiger partial charge is 1.00 e. The summed E-state index contributed by atoms with van der Waals surface area (Å²) < 4.78 is 1.84. The normalized spacial score (nSPS) is 7.44. The lowest BCUT2D eigenvalue weighted by molar-refractivity contribution is -0.680. The van der Waals surface area contributed by atoms with E-state index in [0.29, 0.717) is 6.54 Å². The van der Waals surface area contributed by atoms with Gasteiger partial charge in [0, 0.05) is 0 Å². The molecule has 1 aromatic heterocycles. The van der Waals surface area contributed by atoms with Crippen LogP contribution in [0.4, 0.5) is 0 Å². The van der Waals surface area contributed by atoms with E-state index in [1.54, 1.807) is 11.3 Å². The fourth-order valence-electron chi connectivity index (χ4n) is 0.433. The number of thiazole rings is 1. The summed E-state index contributed by atoms with van der Waals surface area (Å²) in [6.45, 7) is 0.462. The number of hydrogen-bond donors (Lipinski definition) is 0. The lowest BCUT2D eigenvalue weighted by Crippen LogP contribution is -3.00. The van der Waals surface area contributed by atoms with E-state index in [-0.39, 0.29) is 24.0 Å². The molecule has 48 valence electrons. The van der Waals surface area contributed by atoms with Crippen molar-refractivity contribution in [1.29, 1.82) is 5.26 Å². The average molecular weight is 252 g/mol. The molecular weight excluding hydrogens is 247 g/mol. The van der Waals surface area contributed by atoms with Gasteiger partial charge in [-0.25, -0.2) is 0 Å². The van der Waals surface area contributed by atoms with Crippen molar-refractivity contribution in [2.24, 2.45) is 0 Å². The summed E-state index contributed by atoms with van der Waals surface area (Å²) in [6, 6.07) is 2.04. The van der Waals surface area contributed by atoms with Gasteiger partial charge >= 0.3 is 0 Å². The topological polar surface area (TPSA) is 27.7 Å². The Morgan fingerprint density at radius 3 is 2.89 bits per heavy atom. The van der Waals surface area contributed by atoms with Crippen LogP contribution in [0.5, 0.6) is 0 Å². The summed E-state index contributed by atoms with van der Waals surface area (Å²) in [6.07, 6.45) is 1.88. The quantitative estimate of drug-likeness (QED) is 0.403. The fraction of sp³-hybridized carbons (Fsp3) is 0.200. The Labute approximate surface area is 74.8 Å². The number of nitrogens with zero attached hydrogens (tertiary/aromatic N) is 2. The van der Waals surface area contributed by atoms with E-state index >= 15 is 0 Å². The predicted molar refractivity (Wildman–Crippen MR) is 30.1 cm³/mol. The van der Waals surface area contributed by atoms with Gasteiger partial charge in [0.1, 0.15) is 6.07 Å². The highest BCUT2D eigenvalue weighted by atomic mass is 127. The van der Waals surface area contributed by atoms with E-state index in [1.807, 2.05) is 27.7 Å². The highest BCUT2D eigenvalue weighted by molar-refractivity contribution is 7.07. The van der Waals surface area contributed by atoms with Crippen LogP contribution in [0, 0.1) is 11.3 Å². The summed E-state index contributed by atoms with van der Waals surface area (Å²) in [5.41, 5.74) is 1.91. The van der Waals surface area contributed by atoms with Gasteiger partial charge in [-0.2, -0.15) is 9.83 Å². The second-order valence-electron chi connectivity index (χ2n) is 1.36. The molecular formula is C5H5IN2S. The molecule has 0 spiro atoms. The van der Waals surface area contributed by atoms with Gasteiger partial charge in [-0.1, -0.05) is 11.3 Å². The Hall–Kier alpha value is -0.150. The smallest absolute Gasteiger partial charge is 0.234 e. The summed E-state index contributed by atoms with van der Waals surface area (Å²) >= 11 is 1.59. The van der Waals surface area contributed by atoms with Crippen LogP contribution in [0.3, 0.4) is 0 Å². The van der Waals surface area contributed by atoms with Gasteiger partial charge in [0.25, 0.3) is 0 Å². The van der Waals surface area contributed by atoms with Gasteiger partial charge in [0.2, 0.25) is 12.1 Å². The van der Waals surface area contributed by atoms with Gasteiger partial charge in [-0.3, -0.25) is 0 Å². The monoisotopic (exact) mass is 252 g/mol. The Morgan fingerprint density at radius 1 is 1.67 bits per heavy atom. The molecule has 1 aromatic rings. The van der Waals surface area contributed by atoms with Gasteiger partial charge in [-0.05, 0) is 0 Å². The second kappa shape index (κ2) is 4.70. The maximum Gasteiger partial charge on any atom is 0.234 e. The van der Waals surface area contributed by atoms with Crippen molar-refractivity contribution in [2.75, 3.05) is 0 Å². The maximum atomic E-state index is 8.17. The molecule has 0 amide bonds. The molecule has 0 N–H and O–H groups in total. The van der Waals surface area contributed by atoms with E-state index in [4.69, 9.17) is 5.26 Å². The number of aromatic nitrogens is 1. The van der Waals surface area contributed by atoms with Crippen molar-refractivity contribution < 1.29 is 28.5 Å². The van der Waals surface area contributed by atoms with E-state index in [2.05, 4.69) is 0 Å². The molecule has 0 saturated heterocycles. The molecule has 0 fully saturated rings. The van der Waals surface area contributed by atoms with Crippen molar-refractivity contribution in [1.82, 2.24) is 0 Å². The van der Waals surface area contributed by atoms with Crippen LogP contribution >= 0.6 is 11.3 Å². The first-order valence-electron chi connectivity index (χ1n) is 2.21. The van der Waals surface area contributed by atoms with Crippen LogP contribution in [0.15, 0.2) is 17.1 Å². The SMILES string of the molecule is N#CC[n+]1ccsc1.[I-]. The van der Waals surface area contributed by atoms with Gasteiger partial charge in [0.15, 0.2) is 6.20 Å². The minimum atomic E-state index is 0. The van der Waals surface area contributed by atoms with Crippen molar-refractivity contribution in [3.63, 3.8) is 0 Å². The molecule has 0 saturated carbocycles. The summed E-state index contributed by atoms with van der Waals surface area (Å²) in [5, 5.41) is 10.1. The lowest BCUT2D eigenvalue weighted by Gasteiger charge is -1.72. The Kier molecular flexibility index (Phi) is 4.62. The maximum absolute atomic E-state index is 8.17. The number of halogens is 1. The minimum Gasteiger partial charge on any atom is -1.00 e. The first-order chi connectivity index (χ1) is 3.93. The number of hydrogen-bond acceptors (Lipinski definition) is 2. The zero-order valence-electron chi connectivity index (χ0n) is 4.62. The molecule has 4 heteroatoms. The number of rotatable bonds is 1. The van der Waals surface area contributed by atoms with Crippen LogP contribution in [0.25, 0.3) is 0 Å². The fourth-order valence-corrected chi connectivity index (χ4v) is 1.03. The average Bonchev–Trinajstić information content (AvgIpc) is 2.19. The zero-order valence-corrected chi connectivity index (χ0v) is 7.59. The molecule has 0 bridgehead atoms. The van der Waals surface area contributed by atoms with Crippen LogP contribution in [0.1, 0.15) is 0 Å². The van der Waals surface area contributed by atoms with Crippen molar-refractivity contribution in [2.45, 2.75) is 6.54 Å². The summed E-state index contributed by atoms with van der Waals surface area (Å²) in [7, 11) is 0. The van der Waals surface area contributed by atoms with Crippen LogP contribution < -0.4 is 28.5 Å². The molecule has 1 heterocycles. The van der Waals surface area contributed by atoms with Crippen LogP contribution in [-0.4, -0.2) is 0 Å². The third kappa shape index (κ3) is 2.77. The first kappa shape index (κ1) is 8.85. The molecule has 0 aromatic carbocycles. The molecule has 2 nitrogen and oxygen atoms in total. The van der Waals surface area contributed by atoms with Crippen molar-refractivity contribution in [3.05, 3.63) is 17.1 Å².